The number of benzene rings is 2. The molecule has 0 saturated heterocycles. The quantitative estimate of drug-likeness (QED) is 0.782. The molecule has 0 atom stereocenters. The van der Waals surface area contributed by atoms with Crippen molar-refractivity contribution in [3.63, 3.8) is 0 Å². The second kappa shape index (κ2) is 7.24. The number of methoxy groups -OCH3 is 1. The van der Waals surface area contributed by atoms with Crippen molar-refractivity contribution in [1.82, 2.24) is 0 Å². The Morgan fingerprint density at radius 3 is 2.43 bits per heavy atom. The molecule has 0 fully saturated rings. The summed E-state index contributed by atoms with van der Waals surface area (Å²) in [7, 11) is 1.43. The van der Waals surface area contributed by atoms with Gasteiger partial charge in [0.05, 0.1) is 16.1 Å². The summed E-state index contributed by atoms with van der Waals surface area (Å²) >= 11 is 6.86. The minimum Gasteiger partial charge on any atom is -0.494 e. The minimum absolute atomic E-state index is 0.0994. The van der Waals surface area contributed by atoms with Crippen LogP contribution in [0.15, 0.2) is 39.3 Å². The molecule has 0 aliphatic carbocycles. The molecule has 2 aromatic carbocycles. The van der Waals surface area contributed by atoms with E-state index in [0.29, 0.717) is 17.9 Å². The van der Waals surface area contributed by atoms with Gasteiger partial charge < -0.3 is 15.2 Å². The number of rotatable bonds is 5. The van der Waals surface area contributed by atoms with Crippen LogP contribution in [0.2, 0.25) is 0 Å². The van der Waals surface area contributed by atoms with Crippen molar-refractivity contribution in [2.24, 2.45) is 5.73 Å². The van der Waals surface area contributed by atoms with Gasteiger partial charge in [-0.1, -0.05) is 12.1 Å². The van der Waals surface area contributed by atoms with E-state index in [1.54, 1.807) is 18.2 Å². The van der Waals surface area contributed by atoms with E-state index >= 15 is 0 Å². The Kier molecular flexibility index (Phi) is 5.61. The van der Waals surface area contributed by atoms with Gasteiger partial charge in [-0.05, 0) is 55.6 Å². The topological polar surface area (TPSA) is 44.5 Å². The Hall–Kier alpha value is -1.11. The molecular weight excluding hydrogens is 405 g/mol. The van der Waals surface area contributed by atoms with Gasteiger partial charge in [-0.3, -0.25) is 0 Å². The van der Waals surface area contributed by atoms with E-state index < -0.39 is 5.82 Å². The van der Waals surface area contributed by atoms with Crippen LogP contribution in [0, 0.1) is 5.82 Å². The number of ether oxygens (including phenoxy) is 2. The molecule has 0 saturated carbocycles. The van der Waals surface area contributed by atoms with Gasteiger partial charge in [0.15, 0.2) is 11.6 Å². The van der Waals surface area contributed by atoms with Gasteiger partial charge in [-0.15, -0.1) is 0 Å². The fourth-order valence-electron chi connectivity index (χ4n) is 1.84. The monoisotopic (exact) mass is 417 g/mol. The summed E-state index contributed by atoms with van der Waals surface area (Å²) in [6.07, 6.45) is 0. The van der Waals surface area contributed by atoms with Crippen molar-refractivity contribution >= 4 is 31.9 Å². The predicted octanol–water partition coefficient (Wildman–Crippen LogP) is 4.40. The first-order valence-electron chi connectivity index (χ1n) is 6.19. The zero-order valence-electron chi connectivity index (χ0n) is 11.3. The van der Waals surface area contributed by atoms with E-state index in [1.807, 2.05) is 12.1 Å². The molecule has 0 radical (unpaired) electrons. The molecule has 0 aliphatic rings. The number of hydrogen-bond donors (Lipinski definition) is 1. The third kappa shape index (κ3) is 3.75. The Bertz CT molecular complexity index is 627. The largest absolute Gasteiger partial charge is 0.494 e. The first-order chi connectivity index (χ1) is 10.1. The van der Waals surface area contributed by atoms with Gasteiger partial charge in [0.2, 0.25) is 0 Å². The first kappa shape index (κ1) is 16.3. The third-order valence-electron chi connectivity index (χ3n) is 2.93. The van der Waals surface area contributed by atoms with Crippen molar-refractivity contribution in [2.45, 2.75) is 13.2 Å². The van der Waals surface area contributed by atoms with Crippen molar-refractivity contribution in [2.75, 3.05) is 7.11 Å². The summed E-state index contributed by atoms with van der Waals surface area (Å²) in [5, 5.41) is 0. The summed E-state index contributed by atoms with van der Waals surface area (Å²) in [6.45, 7) is 0.532. The lowest BCUT2D eigenvalue weighted by atomic mass is 10.2. The van der Waals surface area contributed by atoms with Gasteiger partial charge >= 0.3 is 0 Å². The van der Waals surface area contributed by atoms with E-state index in [1.165, 1.54) is 7.11 Å². The van der Waals surface area contributed by atoms with Crippen LogP contribution in [-0.4, -0.2) is 7.11 Å². The van der Waals surface area contributed by atoms with Crippen LogP contribution < -0.4 is 15.2 Å². The fraction of sp³-hybridized carbons (Fsp3) is 0.200. The fourth-order valence-corrected chi connectivity index (χ4v) is 3.35. The molecule has 2 N–H and O–H groups in total. The smallest absolute Gasteiger partial charge is 0.171 e. The number of halogens is 3. The van der Waals surface area contributed by atoms with Crippen molar-refractivity contribution in [3.05, 3.63) is 56.2 Å². The molecule has 0 heterocycles. The molecule has 0 bridgehead atoms. The SMILES string of the molecule is COc1cccc(COc2c(Br)cc(CN)cc2Br)c1F. The maximum absolute atomic E-state index is 14.1. The van der Waals surface area contributed by atoms with Crippen LogP contribution in [0.5, 0.6) is 11.5 Å². The highest BCUT2D eigenvalue weighted by molar-refractivity contribution is 9.11. The first-order valence-corrected chi connectivity index (χ1v) is 7.77. The lowest BCUT2D eigenvalue weighted by molar-refractivity contribution is 0.292. The van der Waals surface area contributed by atoms with Crippen LogP contribution in [0.4, 0.5) is 4.39 Å². The highest BCUT2D eigenvalue weighted by Gasteiger charge is 2.12. The standard InChI is InChI=1S/C15H14Br2FNO2/c1-20-13-4-2-3-10(14(13)18)8-21-15-11(16)5-9(7-19)6-12(15)17/h2-6H,7-8,19H2,1H3. The van der Waals surface area contributed by atoms with E-state index in [9.17, 15) is 4.39 Å². The van der Waals surface area contributed by atoms with Crippen molar-refractivity contribution in [3.8, 4) is 11.5 Å². The van der Waals surface area contributed by atoms with Gasteiger partial charge in [0.1, 0.15) is 12.4 Å². The highest BCUT2D eigenvalue weighted by atomic mass is 79.9. The molecule has 0 aromatic heterocycles. The average molecular weight is 419 g/mol. The third-order valence-corrected chi connectivity index (χ3v) is 4.11. The summed E-state index contributed by atoms with van der Waals surface area (Å²) in [5.74, 6) is 0.396. The van der Waals surface area contributed by atoms with Crippen molar-refractivity contribution < 1.29 is 13.9 Å². The van der Waals surface area contributed by atoms with Crippen LogP contribution in [0.1, 0.15) is 11.1 Å². The highest BCUT2D eigenvalue weighted by Crippen LogP contribution is 2.35. The molecule has 0 amide bonds. The van der Waals surface area contributed by atoms with Gasteiger partial charge in [0, 0.05) is 12.1 Å². The maximum Gasteiger partial charge on any atom is 0.171 e. The zero-order chi connectivity index (χ0) is 15.4. The second-order valence-corrected chi connectivity index (χ2v) is 6.02. The Morgan fingerprint density at radius 2 is 1.86 bits per heavy atom. The van der Waals surface area contributed by atoms with E-state index in [-0.39, 0.29) is 12.4 Å². The summed E-state index contributed by atoms with van der Waals surface area (Å²) in [5.41, 5.74) is 7.00. The molecule has 112 valence electrons. The number of nitrogens with two attached hydrogens (primary N) is 1. The molecule has 21 heavy (non-hydrogen) atoms. The second-order valence-electron chi connectivity index (χ2n) is 4.31. The zero-order valence-corrected chi connectivity index (χ0v) is 14.5. The van der Waals surface area contributed by atoms with Crippen molar-refractivity contribution in [1.29, 1.82) is 0 Å². The molecule has 6 heteroatoms. The summed E-state index contributed by atoms with van der Waals surface area (Å²) in [4.78, 5) is 0. The minimum atomic E-state index is -0.411. The Labute approximate surface area is 139 Å². The molecule has 0 aliphatic heterocycles. The number of hydrogen-bond acceptors (Lipinski definition) is 3. The molecule has 3 nitrogen and oxygen atoms in total. The molecule has 0 unspecified atom stereocenters. The Balaban J connectivity index is 2.21. The maximum atomic E-state index is 14.1. The van der Waals surface area contributed by atoms with Crippen LogP contribution in [-0.2, 0) is 13.2 Å². The van der Waals surface area contributed by atoms with E-state index in [4.69, 9.17) is 15.2 Å². The van der Waals surface area contributed by atoms with Crippen LogP contribution in [0.25, 0.3) is 0 Å². The molecular formula is C15H14Br2FNO2. The average Bonchev–Trinajstić information content (AvgIpc) is 2.47. The summed E-state index contributed by atoms with van der Waals surface area (Å²) < 4.78 is 26.2. The van der Waals surface area contributed by atoms with E-state index in [0.717, 1.165) is 14.5 Å². The van der Waals surface area contributed by atoms with Gasteiger partial charge in [-0.2, -0.15) is 0 Å². The summed E-state index contributed by atoms with van der Waals surface area (Å²) in [6, 6.07) is 8.71. The van der Waals surface area contributed by atoms with Crippen LogP contribution in [0.3, 0.4) is 0 Å². The predicted molar refractivity (Wildman–Crippen MR) is 87.0 cm³/mol. The lowest BCUT2D eigenvalue weighted by Gasteiger charge is -2.13. The molecule has 2 aromatic rings. The molecule has 2 rings (SSSR count). The van der Waals surface area contributed by atoms with E-state index in [2.05, 4.69) is 31.9 Å². The molecule has 0 spiro atoms. The van der Waals surface area contributed by atoms with Crippen LogP contribution >= 0.6 is 31.9 Å². The normalized spacial score (nSPS) is 10.5. The van der Waals surface area contributed by atoms with Gasteiger partial charge in [0.25, 0.3) is 0 Å². The van der Waals surface area contributed by atoms with Gasteiger partial charge in [-0.25, -0.2) is 4.39 Å². The lowest BCUT2D eigenvalue weighted by Crippen LogP contribution is -2.02. The Morgan fingerprint density at radius 1 is 1.19 bits per heavy atom.